The molecule has 3 N–H and O–H groups in total. The Morgan fingerprint density at radius 2 is 2.20 bits per heavy atom. The number of nitrogens with zero attached hydrogens (tertiary/aromatic N) is 1. The van der Waals surface area contributed by atoms with Crippen molar-refractivity contribution in [1.29, 1.82) is 0 Å². The number of hydrogen-bond donors (Lipinski definition) is 2. The van der Waals surface area contributed by atoms with Crippen molar-refractivity contribution in [2.24, 2.45) is 5.73 Å². The van der Waals surface area contributed by atoms with Gasteiger partial charge in [0.05, 0.1) is 18.4 Å². The van der Waals surface area contributed by atoms with Gasteiger partial charge in [0.2, 0.25) is 5.88 Å². The second kappa shape index (κ2) is 5.68. The fraction of sp³-hybridized carbons (Fsp3) is 0.545. The standard InChI is InChI=1S/C11H18N2O2/c1-8(2)15-11-5-3-4-10(13-11)9(6-12)7-14/h3-5,8-9,14H,6-7,12H2,1-2H3. The maximum atomic E-state index is 9.09. The summed E-state index contributed by atoms with van der Waals surface area (Å²) in [5.41, 5.74) is 6.30. The van der Waals surface area contributed by atoms with Crippen LogP contribution in [0.1, 0.15) is 25.5 Å². The van der Waals surface area contributed by atoms with Crippen molar-refractivity contribution in [1.82, 2.24) is 4.98 Å². The molecule has 4 nitrogen and oxygen atoms in total. The molecule has 0 fully saturated rings. The molecule has 1 unspecified atom stereocenters. The van der Waals surface area contributed by atoms with E-state index in [-0.39, 0.29) is 18.6 Å². The maximum absolute atomic E-state index is 9.09. The number of hydrogen-bond acceptors (Lipinski definition) is 4. The summed E-state index contributed by atoms with van der Waals surface area (Å²) in [6, 6.07) is 5.51. The molecule has 0 bridgehead atoms. The van der Waals surface area contributed by atoms with Crippen molar-refractivity contribution in [3.8, 4) is 5.88 Å². The highest BCUT2D eigenvalue weighted by Crippen LogP contribution is 2.16. The van der Waals surface area contributed by atoms with Gasteiger partial charge < -0.3 is 15.6 Å². The van der Waals surface area contributed by atoms with Crippen LogP contribution in [-0.2, 0) is 0 Å². The highest BCUT2D eigenvalue weighted by molar-refractivity contribution is 5.19. The van der Waals surface area contributed by atoms with Crippen molar-refractivity contribution in [3.05, 3.63) is 23.9 Å². The van der Waals surface area contributed by atoms with Crippen molar-refractivity contribution in [3.63, 3.8) is 0 Å². The van der Waals surface area contributed by atoms with Crippen LogP contribution in [0.5, 0.6) is 5.88 Å². The van der Waals surface area contributed by atoms with E-state index in [0.29, 0.717) is 12.4 Å². The quantitative estimate of drug-likeness (QED) is 0.757. The highest BCUT2D eigenvalue weighted by atomic mass is 16.5. The molecular formula is C11H18N2O2. The predicted molar refractivity (Wildman–Crippen MR) is 58.9 cm³/mol. The van der Waals surface area contributed by atoms with E-state index in [2.05, 4.69) is 4.98 Å². The van der Waals surface area contributed by atoms with Crippen LogP contribution in [-0.4, -0.2) is 29.3 Å². The van der Waals surface area contributed by atoms with Crippen molar-refractivity contribution < 1.29 is 9.84 Å². The Balaban J connectivity index is 2.81. The largest absolute Gasteiger partial charge is 0.475 e. The molecule has 84 valence electrons. The summed E-state index contributed by atoms with van der Waals surface area (Å²) in [5, 5.41) is 9.09. The molecule has 0 spiro atoms. The summed E-state index contributed by atoms with van der Waals surface area (Å²) in [7, 11) is 0. The number of nitrogens with two attached hydrogens (primary N) is 1. The van der Waals surface area contributed by atoms with Gasteiger partial charge in [0, 0.05) is 18.5 Å². The molecule has 1 aromatic rings. The van der Waals surface area contributed by atoms with Crippen LogP contribution in [0.2, 0.25) is 0 Å². The number of ether oxygens (including phenoxy) is 1. The zero-order chi connectivity index (χ0) is 11.3. The van der Waals surface area contributed by atoms with Crippen LogP contribution < -0.4 is 10.5 Å². The summed E-state index contributed by atoms with van der Waals surface area (Å²) < 4.78 is 5.46. The molecule has 1 aromatic heterocycles. The zero-order valence-electron chi connectivity index (χ0n) is 9.18. The molecule has 0 aliphatic heterocycles. The lowest BCUT2D eigenvalue weighted by atomic mass is 10.1. The highest BCUT2D eigenvalue weighted by Gasteiger charge is 2.10. The normalized spacial score (nSPS) is 12.9. The van der Waals surface area contributed by atoms with E-state index in [1.54, 1.807) is 6.07 Å². The Morgan fingerprint density at radius 1 is 1.47 bits per heavy atom. The second-order valence-electron chi connectivity index (χ2n) is 3.68. The number of aliphatic hydroxyl groups is 1. The number of aromatic nitrogens is 1. The third-order valence-corrected chi connectivity index (χ3v) is 2.02. The summed E-state index contributed by atoms with van der Waals surface area (Å²) >= 11 is 0. The first kappa shape index (κ1) is 11.9. The lowest BCUT2D eigenvalue weighted by Crippen LogP contribution is -2.18. The molecule has 1 rings (SSSR count). The van der Waals surface area contributed by atoms with Gasteiger partial charge >= 0.3 is 0 Å². The third kappa shape index (κ3) is 3.49. The van der Waals surface area contributed by atoms with Gasteiger partial charge in [-0.15, -0.1) is 0 Å². The van der Waals surface area contributed by atoms with Crippen LogP contribution >= 0.6 is 0 Å². The number of aliphatic hydroxyl groups excluding tert-OH is 1. The van der Waals surface area contributed by atoms with Gasteiger partial charge in [0.1, 0.15) is 0 Å². The summed E-state index contributed by atoms with van der Waals surface area (Å²) in [5.74, 6) is 0.468. The first-order chi connectivity index (χ1) is 7.17. The van der Waals surface area contributed by atoms with Crippen LogP contribution in [0.3, 0.4) is 0 Å². The van der Waals surface area contributed by atoms with Gasteiger partial charge in [-0.2, -0.15) is 0 Å². The molecule has 0 saturated carbocycles. The first-order valence-electron chi connectivity index (χ1n) is 5.12. The SMILES string of the molecule is CC(C)Oc1cccc(C(CN)CO)n1. The Kier molecular flexibility index (Phi) is 4.52. The van der Waals surface area contributed by atoms with Crippen molar-refractivity contribution >= 4 is 0 Å². The van der Waals surface area contributed by atoms with Gasteiger partial charge in [0.15, 0.2) is 0 Å². The molecule has 0 aliphatic rings. The lowest BCUT2D eigenvalue weighted by molar-refractivity contribution is 0.229. The van der Waals surface area contributed by atoms with Gasteiger partial charge in [-0.1, -0.05) is 6.07 Å². The van der Waals surface area contributed by atoms with Crippen LogP contribution in [0.15, 0.2) is 18.2 Å². The van der Waals surface area contributed by atoms with Crippen LogP contribution in [0, 0.1) is 0 Å². The summed E-state index contributed by atoms with van der Waals surface area (Å²) in [6.45, 7) is 4.28. The van der Waals surface area contributed by atoms with E-state index in [1.165, 1.54) is 0 Å². The van der Waals surface area contributed by atoms with Crippen molar-refractivity contribution in [2.75, 3.05) is 13.2 Å². The average Bonchev–Trinajstić information content (AvgIpc) is 2.19. The molecule has 0 radical (unpaired) electrons. The molecule has 15 heavy (non-hydrogen) atoms. The van der Waals surface area contributed by atoms with Gasteiger partial charge in [-0.25, -0.2) is 4.98 Å². The minimum Gasteiger partial charge on any atom is -0.475 e. The van der Waals surface area contributed by atoms with Crippen LogP contribution in [0.4, 0.5) is 0 Å². The number of pyridine rings is 1. The Morgan fingerprint density at radius 3 is 2.73 bits per heavy atom. The topological polar surface area (TPSA) is 68.4 Å². The Bertz CT molecular complexity index is 298. The van der Waals surface area contributed by atoms with E-state index in [1.807, 2.05) is 26.0 Å². The monoisotopic (exact) mass is 210 g/mol. The van der Waals surface area contributed by atoms with Gasteiger partial charge in [-0.3, -0.25) is 0 Å². The molecule has 0 aromatic carbocycles. The predicted octanol–water partition coefficient (Wildman–Crippen LogP) is 0.903. The van der Waals surface area contributed by atoms with Gasteiger partial charge in [-0.05, 0) is 19.9 Å². The van der Waals surface area contributed by atoms with E-state index in [0.717, 1.165) is 5.69 Å². The average molecular weight is 210 g/mol. The molecule has 1 atom stereocenters. The second-order valence-corrected chi connectivity index (χ2v) is 3.68. The van der Waals surface area contributed by atoms with Gasteiger partial charge in [0.25, 0.3) is 0 Å². The lowest BCUT2D eigenvalue weighted by Gasteiger charge is -2.13. The number of rotatable bonds is 5. The molecule has 0 aliphatic carbocycles. The van der Waals surface area contributed by atoms with E-state index >= 15 is 0 Å². The van der Waals surface area contributed by atoms with E-state index in [4.69, 9.17) is 15.6 Å². The molecule has 0 amide bonds. The fourth-order valence-corrected chi connectivity index (χ4v) is 1.25. The summed E-state index contributed by atoms with van der Waals surface area (Å²) in [4.78, 5) is 4.29. The minimum atomic E-state index is -0.110. The maximum Gasteiger partial charge on any atom is 0.213 e. The first-order valence-corrected chi connectivity index (χ1v) is 5.12. The zero-order valence-corrected chi connectivity index (χ0v) is 9.18. The Hall–Kier alpha value is -1.13. The molecule has 4 heteroatoms. The van der Waals surface area contributed by atoms with E-state index < -0.39 is 0 Å². The molecular weight excluding hydrogens is 192 g/mol. The minimum absolute atomic E-state index is 0.00856. The molecule has 0 saturated heterocycles. The fourth-order valence-electron chi connectivity index (χ4n) is 1.25. The molecule has 1 heterocycles. The van der Waals surface area contributed by atoms with E-state index in [9.17, 15) is 0 Å². The Labute approximate surface area is 90.1 Å². The van der Waals surface area contributed by atoms with Crippen LogP contribution in [0.25, 0.3) is 0 Å². The van der Waals surface area contributed by atoms with Crippen molar-refractivity contribution in [2.45, 2.75) is 25.9 Å². The third-order valence-electron chi connectivity index (χ3n) is 2.02. The smallest absolute Gasteiger partial charge is 0.213 e. The summed E-state index contributed by atoms with van der Waals surface area (Å²) in [6.07, 6.45) is 0.0956.